The Morgan fingerprint density at radius 3 is 1.15 bits per heavy atom. The second-order valence-electron chi connectivity index (χ2n) is 8.29. The van der Waals surface area contributed by atoms with Crippen LogP contribution in [0.5, 0.6) is 0 Å². The Morgan fingerprint density at radius 2 is 0.805 bits per heavy atom. The molecule has 4 N–H and O–H groups in total. The van der Waals surface area contributed by atoms with Crippen LogP contribution in [0, 0.1) is 0 Å². The van der Waals surface area contributed by atoms with Gasteiger partial charge in [-0.3, -0.25) is 0 Å². The predicted molar refractivity (Wildman–Crippen MR) is 147 cm³/mol. The Labute approximate surface area is 241 Å². The van der Waals surface area contributed by atoms with Gasteiger partial charge >= 0.3 is 23.9 Å². The van der Waals surface area contributed by atoms with Gasteiger partial charge in [-0.05, 0) is 72.8 Å². The summed E-state index contributed by atoms with van der Waals surface area (Å²) in [6.07, 6.45) is 0. The van der Waals surface area contributed by atoms with E-state index in [-0.39, 0.29) is 20.9 Å². The SMILES string of the molecule is O=C(O)c1ccc(Sc2cccc(S(=O)(=O)c3cccc(Sc4ccc(C(=O)O)c(C(=O)O)c4)c3)c2)cc1C(=O)O. The Hall–Kier alpha value is -4.59. The third-order valence-electron chi connectivity index (χ3n) is 5.61. The number of carboxylic acids is 4. The van der Waals surface area contributed by atoms with Gasteiger partial charge < -0.3 is 20.4 Å². The molecule has 0 saturated heterocycles. The largest absolute Gasteiger partial charge is 0.478 e. The van der Waals surface area contributed by atoms with E-state index in [1.54, 1.807) is 12.1 Å². The summed E-state index contributed by atoms with van der Waals surface area (Å²) in [5.41, 5.74) is -1.52. The van der Waals surface area contributed by atoms with E-state index in [0.29, 0.717) is 19.6 Å². The van der Waals surface area contributed by atoms with Crippen molar-refractivity contribution in [1.82, 2.24) is 0 Å². The van der Waals surface area contributed by atoms with Crippen molar-refractivity contribution in [2.24, 2.45) is 0 Å². The van der Waals surface area contributed by atoms with Gasteiger partial charge in [0.2, 0.25) is 9.84 Å². The van der Waals surface area contributed by atoms with Crippen molar-refractivity contribution in [2.45, 2.75) is 29.4 Å². The summed E-state index contributed by atoms with van der Waals surface area (Å²) in [6.45, 7) is 0. The molecule has 41 heavy (non-hydrogen) atoms. The first-order valence-electron chi connectivity index (χ1n) is 11.4. The summed E-state index contributed by atoms with van der Waals surface area (Å²) < 4.78 is 26.9. The van der Waals surface area contributed by atoms with Crippen LogP contribution >= 0.6 is 23.5 Å². The zero-order valence-electron chi connectivity index (χ0n) is 20.5. The van der Waals surface area contributed by atoms with Crippen LogP contribution in [0.25, 0.3) is 0 Å². The molecule has 208 valence electrons. The highest BCUT2D eigenvalue weighted by atomic mass is 32.2. The maximum Gasteiger partial charge on any atom is 0.336 e. The second kappa shape index (κ2) is 11.9. The minimum absolute atomic E-state index is 0.0377. The topological polar surface area (TPSA) is 183 Å². The lowest BCUT2D eigenvalue weighted by atomic mass is 10.1. The van der Waals surface area contributed by atoms with E-state index in [4.69, 9.17) is 0 Å². The normalized spacial score (nSPS) is 11.1. The molecule has 13 heteroatoms. The number of carbonyl (C=O) groups is 4. The van der Waals surface area contributed by atoms with Crippen molar-refractivity contribution < 1.29 is 48.0 Å². The smallest absolute Gasteiger partial charge is 0.336 e. The molecular weight excluding hydrogens is 592 g/mol. The fourth-order valence-corrected chi connectivity index (χ4v) is 7.05. The van der Waals surface area contributed by atoms with E-state index < -0.39 is 44.8 Å². The van der Waals surface area contributed by atoms with Crippen molar-refractivity contribution in [3.8, 4) is 0 Å². The first kappa shape index (κ1) is 29.4. The van der Waals surface area contributed by atoms with Crippen molar-refractivity contribution in [2.75, 3.05) is 0 Å². The van der Waals surface area contributed by atoms with Crippen LogP contribution in [0.15, 0.2) is 114 Å². The van der Waals surface area contributed by atoms with Gasteiger partial charge in [-0.2, -0.15) is 0 Å². The number of carboxylic acid groups (broad SMARTS) is 4. The third-order valence-corrected chi connectivity index (χ3v) is 9.31. The van der Waals surface area contributed by atoms with Crippen LogP contribution in [0.3, 0.4) is 0 Å². The van der Waals surface area contributed by atoms with Gasteiger partial charge in [-0.25, -0.2) is 27.6 Å². The quantitative estimate of drug-likeness (QED) is 0.174. The van der Waals surface area contributed by atoms with E-state index >= 15 is 0 Å². The number of aromatic carboxylic acids is 4. The van der Waals surface area contributed by atoms with Crippen molar-refractivity contribution in [1.29, 1.82) is 0 Å². The summed E-state index contributed by atoms with van der Waals surface area (Å²) in [7, 11) is -4.02. The highest BCUT2D eigenvalue weighted by Crippen LogP contribution is 2.34. The molecule has 0 aliphatic heterocycles. The van der Waals surface area contributed by atoms with Gasteiger partial charge in [0, 0.05) is 19.6 Å². The van der Waals surface area contributed by atoms with Gasteiger partial charge in [0.1, 0.15) is 0 Å². The molecule has 0 atom stereocenters. The molecule has 4 rings (SSSR count). The maximum atomic E-state index is 13.5. The second-order valence-corrected chi connectivity index (χ2v) is 12.5. The summed E-state index contributed by atoms with van der Waals surface area (Å²) in [6, 6.07) is 19.5. The highest BCUT2D eigenvalue weighted by Gasteiger charge is 2.21. The number of rotatable bonds is 10. The lowest BCUT2D eigenvalue weighted by Gasteiger charge is -2.10. The molecule has 0 heterocycles. The minimum atomic E-state index is -4.02. The van der Waals surface area contributed by atoms with Crippen LogP contribution in [-0.4, -0.2) is 52.7 Å². The first-order chi connectivity index (χ1) is 19.4. The lowest BCUT2D eigenvalue weighted by molar-refractivity contribution is 0.0651. The number of sulfone groups is 1. The molecule has 0 aliphatic rings. The van der Waals surface area contributed by atoms with E-state index in [0.717, 1.165) is 23.5 Å². The number of hydrogen-bond acceptors (Lipinski definition) is 8. The Bertz CT molecular complexity index is 1700. The molecule has 0 aliphatic carbocycles. The molecular formula is C28H18O10S3. The zero-order valence-corrected chi connectivity index (χ0v) is 23.0. The molecule has 0 fully saturated rings. The maximum absolute atomic E-state index is 13.5. The van der Waals surface area contributed by atoms with Gasteiger partial charge in [-0.1, -0.05) is 35.7 Å². The monoisotopic (exact) mass is 610 g/mol. The Kier molecular flexibility index (Phi) is 8.52. The van der Waals surface area contributed by atoms with E-state index in [1.807, 2.05) is 0 Å². The Balaban J connectivity index is 1.61. The minimum Gasteiger partial charge on any atom is -0.478 e. The van der Waals surface area contributed by atoms with E-state index in [9.17, 15) is 48.0 Å². The molecule has 0 amide bonds. The van der Waals surface area contributed by atoms with Crippen LogP contribution in [0.4, 0.5) is 0 Å². The van der Waals surface area contributed by atoms with Gasteiger partial charge in [-0.15, -0.1) is 0 Å². The molecule has 0 spiro atoms. The standard InChI is InChI=1S/C28H18O10S3/c29-25(30)21-9-7-17(13-23(21)27(33)34)39-15-3-1-5-19(11-15)41(37,38)20-6-2-4-16(12-20)40-18-8-10-22(26(31)32)24(14-18)28(35)36/h1-14H,(H,29,30)(H,31,32)(H,33,34)(H,35,36). The van der Waals surface area contributed by atoms with Crippen molar-refractivity contribution in [3.05, 3.63) is 107 Å². The molecule has 0 unspecified atom stereocenters. The van der Waals surface area contributed by atoms with Gasteiger partial charge in [0.15, 0.2) is 0 Å². The summed E-state index contributed by atoms with van der Waals surface area (Å²) in [5.74, 6) is -5.58. The average Bonchev–Trinajstić information content (AvgIpc) is 2.93. The Morgan fingerprint density at radius 1 is 0.463 bits per heavy atom. The van der Waals surface area contributed by atoms with Crippen LogP contribution in [0.2, 0.25) is 0 Å². The summed E-state index contributed by atoms with van der Waals surface area (Å²) in [5, 5.41) is 37.2. The number of benzene rings is 4. The summed E-state index contributed by atoms with van der Waals surface area (Å²) >= 11 is 2.12. The third kappa shape index (κ3) is 6.60. The molecule has 4 aromatic rings. The van der Waals surface area contributed by atoms with Crippen LogP contribution < -0.4 is 0 Å². The van der Waals surface area contributed by atoms with Crippen LogP contribution in [0.1, 0.15) is 41.4 Å². The molecule has 0 aromatic heterocycles. The molecule has 0 radical (unpaired) electrons. The van der Waals surface area contributed by atoms with Gasteiger partial charge in [0.05, 0.1) is 32.0 Å². The molecule has 10 nitrogen and oxygen atoms in total. The summed E-state index contributed by atoms with van der Waals surface area (Å²) in [4.78, 5) is 47.3. The fourth-order valence-electron chi connectivity index (χ4n) is 3.72. The van der Waals surface area contributed by atoms with Gasteiger partial charge in [0.25, 0.3) is 0 Å². The molecule has 0 saturated carbocycles. The molecule has 4 aromatic carbocycles. The number of hydrogen-bond donors (Lipinski definition) is 4. The predicted octanol–water partition coefficient (Wildman–Crippen LogP) is 5.61. The lowest BCUT2D eigenvalue weighted by Crippen LogP contribution is -2.07. The van der Waals surface area contributed by atoms with Crippen molar-refractivity contribution in [3.63, 3.8) is 0 Å². The zero-order chi connectivity index (χ0) is 29.9. The first-order valence-corrected chi connectivity index (χ1v) is 14.5. The highest BCUT2D eigenvalue weighted by molar-refractivity contribution is 7.99. The molecule has 0 bridgehead atoms. The van der Waals surface area contributed by atoms with E-state index in [1.165, 1.54) is 72.8 Å². The van der Waals surface area contributed by atoms with Crippen molar-refractivity contribution >= 4 is 57.2 Å². The fraction of sp³-hybridized carbons (Fsp3) is 0. The van der Waals surface area contributed by atoms with Crippen LogP contribution in [-0.2, 0) is 9.84 Å². The van der Waals surface area contributed by atoms with E-state index in [2.05, 4.69) is 0 Å². The average molecular weight is 611 g/mol.